The van der Waals surface area contributed by atoms with Gasteiger partial charge in [-0.1, -0.05) is 32.8 Å². The summed E-state index contributed by atoms with van der Waals surface area (Å²) in [6, 6.07) is 7.07. The summed E-state index contributed by atoms with van der Waals surface area (Å²) < 4.78 is 5.79. The molecule has 1 aliphatic rings. The van der Waals surface area contributed by atoms with Crippen molar-refractivity contribution in [1.82, 2.24) is 0 Å². The molecule has 1 N–H and O–H groups in total. The van der Waals surface area contributed by atoms with Gasteiger partial charge < -0.3 is 10.1 Å². The van der Waals surface area contributed by atoms with E-state index in [1.54, 1.807) is 0 Å². The molecule has 21 heavy (non-hydrogen) atoms. The molecule has 0 aliphatic heterocycles. The van der Waals surface area contributed by atoms with Crippen molar-refractivity contribution >= 4 is 5.69 Å². The van der Waals surface area contributed by atoms with Crippen molar-refractivity contribution in [3.8, 4) is 5.75 Å². The van der Waals surface area contributed by atoms with Gasteiger partial charge in [0.15, 0.2) is 0 Å². The molecule has 1 aliphatic carbocycles. The van der Waals surface area contributed by atoms with Crippen molar-refractivity contribution in [3.63, 3.8) is 0 Å². The average molecular weight is 289 g/mol. The summed E-state index contributed by atoms with van der Waals surface area (Å²) in [4.78, 5) is 0. The molecule has 0 saturated heterocycles. The van der Waals surface area contributed by atoms with E-state index in [1.165, 1.54) is 37.7 Å². The summed E-state index contributed by atoms with van der Waals surface area (Å²) in [7, 11) is 0. The third-order valence-corrected chi connectivity index (χ3v) is 4.75. The minimum absolute atomic E-state index is 0.593. The molecule has 1 saturated carbocycles. The standard InChI is InChI=1S/C19H31NO/c1-5-21-19-13-15(4)9-12-18(19)20-17-8-6-7-16(10-11-17)14(2)3/h9,12-14,16-17,20H,5-8,10-11H2,1-4H3. The number of hydrogen-bond acceptors (Lipinski definition) is 2. The van der Waals surface area contributed by atoms with Crippen LogP contribution >= 0.6 is 0 Å². The Kier molecular flexibility index (Phi) is 5.96. The van der Waals surface area contributed by atoms with E-state index in [2.05, 4.69) is 44.3 Å². The third-order valence-electron chi connectivity index (χ3n) is 4.75. The summed E-state index contributed by atoms with van der Waals surface area (Å²) in [5.74, 6) is 2.73. The molecule has 118 valence electrons. The van der Waals surface area contributed by atoms with Crippen LogP contribution in [-0.2, 0) is 0 Å². The van der Waals surface area contributed by atoms with Crippen LogP contribution in [0.2, 0.25) is 0 Å². The Morgan fingerprint density at radius 3 is 2.71 bits per heavy atom. The SMILES string of the molecule is CCOc1cc(C)ccc1NC1CCCC(C(C)C)CC1. The highest BCUT2D eigenvalue weighted by molar-refractivity contribution is 5.58. The molecule has 0 heterocycles. The molecule has 2 rings (SSSR count). The molecule has 2 atom stereocenters. The second-order valence-electron chi connectivity index (χ2n) is 6.79. The van der Waals surface area contributed by atoms with Crippen LogP contribution in [0.1, 0.15) is 58.4 Å². The summed E-state index contributed by atoms with van der Waals surface area (Å²) in [6.45, 7) is 9.62. The maximum absolute atomic E-state index is 5.79. The first-order valence-corrected chi connectivity index (χ1v) is 8.60. The van der Waals surface area contributed by atoms with Crippen LogP contribution in [0.5, 0.6) is 5.75 Å². The van der Waals surface area contributed by atoms with Gasteiger partial charge in [-0.05, 0) is 62.6 Å². The number of aryl methyl sites for hydroxylation is 1. The van der Waals surface area contributed by atoms with Gasteiger partial charge in [0.2, 0.25) is 0 Å². The van der Waals surface area contributed by atoms with Gasteiger partial charge in [-0.3, -0.25) is 0 Å². The zero-order valence-corrected chi connectivity index (χ0v) is 14.1. The molecule has 0 amide bonds. The predicted octanol–water partition coefficient (Wildman–Crippen LogP) is 5.41. The molecule has 1 fully saturated rings. The lowest BCUT2D eigenvalue weighted by atomic mass is 9.89. The Morgan fingerprint density at radius 2 is 2.00 bits per heavy atom. The highest BCUT2D eigenvalue weighted by Gasteiger charge is 2.21. The van der Waals surface area contributed by atoms with Gasteiger partial charge in [0.1, 0.15) is 5.75 Å². The molecule has 0 aromatic heterocycles. The fraction of sp³-hybridized carbons (Fsp3) is 0.684. The Labute approximate surface area is 130 Å². The molecule has 1 aromatic carbocycles. The molecule has 2 heteroatoms. The van der Waals surface area contributed by atoms with E-state index in [9.17, 15) is 0 Å². The maximum atomic E-state index is 5.79. The Balaban J connectivity index is 2.01. The lowest BCUT2D eigenvalue weighted by Crippen LogP contribution is -2.19. The van der Waals surface area contributed by atoms with Crippen molar-refractivity contribution < 1.29 is 4.74 Å². The minimum Gasteiger partial charge on any atom is -0.492 e. The van der Waals surface area contributed by atoms with Crippen LogP contribution in [-0.4, -0.2) is 12.6 Å². The second-order valence-corrected chi connectivity index (χ2v) is 6.79. The molecular weight excluding hydrogens is 258 g/mol. The molecule has 2 unspecified atom stereocenters. The summed E-state index contributed by atoms with van der Waals surface area (Å²) in [5, 5.41) is 3.74. The van der Waals surface area contributed by atoms with Gasteiger partial charge in [-0.2, -0.15) is 0 Å². The van der Waals surface area contributed by atoms with Crippen molar-refractivity contribution in [2.75, 3.05) is 11.9 Å². The first-order valence-electron chi connectivity index (χ1n) is 8.60. The van der Waals surface area contributed by atoms with Crippen molar-refractivity contribution in [3.05, 3.63) is 23.8 Å². The lowest BCUT2D eigenvalue weighted by Gasteiger charge is -2.21. The first kappa shape index (κ1) is 16.2. The van der Waals surface area contributed by atoms with E-state index < -0.39 is 0 Å². The molecular formula is C19H31NO. The summed E-state index contributed by atoms with van der Waals surface area (Å²) >= 11 is 0. The number of rotatable bonds is 5. The quantitative estimate of drug-likeness (QED) is 0.732. The summed E-state index contributed by atoms with van der Waals surface area (Å²) in [6.07, 6.45) is 6.65. The van der Waals surface area contributed by atoms with E-state index >= 15 is 0 Å². The number of hydrogen-bond donors (Lipinski definition) is 1. The van der Waals surface area contributed by atoms with E-state index in [0.717, 1.165) is 29.9 Å². The van der Waals surface area contributed by atoms with Gasteiger partial charge in [-0.25, -0.2) is 0 Å². The van der Waals surface area contributed by atoms with Gasteiger partial charge in [-0.15, -0.1) is 0 Å². The second kappa shape index (κ2) is 7.72. The number of benzene rings is 1. The molecule has 1 aromatic rings. The fourth-order valence-electron chi connectivity index (χ4n) is 3.39. The topological polar surface area (TPSA) is 21.3 Å². The number of ether oxygens (including phenoxy) is 1. The number of anilines is 1. The molecule has 2 nitrogen and oxygen atoms in total. The smallest absolute Gasteiger partial charge is 0.142 e. The van der Waals surface area contributed by atoms with Crippen LogP contribution in [0.4, 0.5) is 5.69 Å². The van der Waals surface area contributed by atoms with Crippen LogP contribution < -0.4 is 10.1 Å². The predicted molar refractivity (Wildman–Crippen MR) is 91.2 cm³/mol. The van der Waals surface area contributed by atoms with E-state index in [-0.39, 0.29) is 0 Å². The van der Waals surface area contributed by atoms with Crippen LogP contribution in [0.15, 0.2) is 18.2 Å². The molecule has 0 spiro atoms. The van der Waals surface area contributed by atoms with Gasteiger partial charge in [0.25, 0.3) is 0 Å². The summed E-state index contributed by atoms with van der Waals surface area (Å²) in [5.41, 5.74) is 2.42. The highest BCUT2D eigenvalue weighted by atomic mass is 16.5. The van der Waals surface area contributed by atoms with E-state index in [4.69, 9.17) is 4.74 Å². The minimum atomic E-state index is 0.593. The van der Waals surface area contributed by atoms with Crippen molar-refractivity contribution in [2.24, 2.45) is 11.8 Å². The Bertz CT molecular complexity index is 441. The monoisotopic (exact) mass is 289 g/mol. The molecule has 0 bridgehead atoms. The van der Waals surface area contributed by atoms with Crippen LogP contribution in [0.25, 0.3) is 0 Å². The Morgan fingerprint density at radius 1 is 1.19 bits per heavy atom. The van der Waals surface area contributed by atoms with Gasteiger partial charge >= 0.3 is 0 Å². The van der Waals surface area contributed by atoms with Crippen molar-refractivity contribution in [2.45, 2.75) is 65.8 Å². The average Bonchev–Trinajstić information content (AvgIpc) is 2.68. The maximum Gasteiger partial charge on any atom is 0.142 e. The number of nitrogens with one attached hydrogen (secondary N) is 1. The fourth-order valence-corrected chi connectivity index (χ4v) is 3.39. The normalized spacial score (nSPS) is 22.9. The van der Waals surface area contributed by atoms with Crippen LogP contribution in [0.3, 0.4) is 0 Å². The van der Waals surface area contributed by atoms with Crippen LogP contribution in [0, 0.1) is 18.8 Å². The largest absolute Gasteiger partial charge is 0.492 e. The third kappa shape index (κ3) is 4.66. The zero-order chi connectivity index (χ0) is 15.2. The zero-order valence-electron chi connectivity index (χ0n) is 14.1. The highest BCUT2D eigenvalue weighted by Crippen LogP contribution is 2.32. The van der Waals surface area contributed by atoms with E-state index in [1.807, 2.05) is 6.92 Å². The molecule has 0 radical (unpaired) electrons. The van der Waals surface area contributed by atoms with Gasteiger partial charge in [0, 0.05) is 6.04 Å². The lowest BCUT2D eigenvalue weighted by molar-refractivity contribution is 0.339. The van der Waals surface area contributed by atoms with Crippen molar-refractivity contribution in [1.29, 1.82) is 0 Å². The van der Waals surface area contributed by atoms with Gasteiger partial charge in [0.05, 0.1) is 12.3 Å². The first-order chi connectivity index (χ1) is 10.1. The van der Waals surface area contributed by atoms with E-state index in [0.29, 0.717) is 6.04 Å². The Hall–Kier alpha value is -1.18.